The first-order valence-electron chi connectivity index (χ1n) is 7.49. The Morgan fingerprint density at radius 2 is 2.16 bits per heavy atom. The van der Waals surface area contributed by atoms with Crippen molar-refractivity contribution in [3.63, 3.8) is 0 Å². The minimum Gasteiger partial charge on any atom is -0.508 e. The molecular formula is C17H14Cl2N2O4. The van der Waals surface area contributed by atoms with E-state index in [-0.39, 0.29) is 29.2 Å². The molecule has 6 nitrogen and oxygen atoms in total. The van der Waals surface area contributed by atoms with E-state index >= 15 is 0 Å². The van der Waals surface area contributed by atoms with Gasteiger partial charge in [0.15, 0.2) is 0 Å². The Hall–Kier alpha value is -2.31. The molecule has 1 aromatic carbocycles. The zero-order valence-electron chi connectivity index (χ0n) is 13.1. The van der Waals surface area contributed by atoms with Crippen LogP contribution >= 0.6 is 23.2 Å². The van der Waals surface area contributed by atoms with Gasteiger partial charge in [0.05, 0.1) is 6.61 Å². The first-order valence-corrected chi connectivity index (χ1v) is 8.25. The van der Waals surface area contributed by atoms with Crippen molar-refractivity contribution in [2.45, 2.75) is 12.8 Å². The van der Waals surface area contributed by atoms with Crippen molar-refractivity contribution in [3.8, 4) is 11.5 Å². The molecule has 2 unspecified atom stereocenters. The largest absolute Gasteiger partial charge is 0.508 e. The lowest BCUT2D eigenvalue weighted by Gasteiger charge is -2.33. The van der Waals surface area contributed by atoms with E-state index in [0.717, 1.165) is 0 Å². The average molecular weight is 381 g/mol. The van der Waals surface area contributed by atoms with Gasteiger partial charge in [0.2, 0.25) is 5.90 Å². The average Bonchev–Trinajstić information content (AvgIpc) is 2.54. The van der Waals surface area contributed by atoms with Crippen molar-refractivity contribution >= 4 is 35.1 Å². The summed E-state index contributed by atoms with van der Waals surface area (Å²) in [5.74, 6) is -2.47. The number of aromatic hydroxyl groups is 1. The number of ether oxygens (including phenoxy) is 2. The summed E-state index contributed by atoms with van der Waals surface area (Å²) in [7, 11) is 0. The molecule has 130 valence electrons. The van der Waals surface area contributed by atoms with Crippen molar-refractivity contribution < 1.29 is 19.4 Å². The lowest BCUT2D eigenvalue weighted by atomic mass is 9.79. The van der Waals surface area contributed by atoms with Gasteiger partial charge in [-0.3, -0.25) is 10.2 Å². The van der Waals surface area contributed by atoms with Crippen LogP contribution in [0.1, 0.15) is 24.0 Å². The topological polar surface area (TPSA) is 92.5 Å². The standard InChI is InChI=1S/C17H14Cl2N2O4/c1-2-24-17(23)14-12(13-10(18)5-6-21-15(13)19)9-4-3-8(22)7-11(9)25-16(14)20/h3-7,12,14,20,22H,2H2,1H3. The van der Waals surface area contributed by atoms with E-state index < -0.39 is 17.8 Å². The van der Waals surface area contributed by atoms with Gasteiger partial charge in [-0.1, -0.05) is 29.3 Å². The Labute approximate surface area is 153 Å². The van der Waals surface area contributed by atoms with E-state index in [9.17, 15) is 9.90 Å². The molecule has 1 aromatic heterocycles. The number of carbonyl (C=O) groups is 1. The van der Waals surface area contributed by atoms with Gasteiger partial charge in [0, 0.05) is 34.3 Å². The third kappa shape index (κ3) is 3.15. The fraction of sp³-hybridized carbons (Fsp3) is 0.235. The molecule has 2 heterocycles. The first kappa shape index (κ1) is 17.5. The van der Waals surface area contributed by atoms with Crippen LogP contribution in [0.3, 0.4) is 0 Å². The maximum atomic E-state index is 12.5. The lowest BCUT2D eigenvalue weighted by Crippen LogP contribution is -2.38. The highest BCUT2D eigenvalue weighted by molar-refractivity contribution is 6.35. The Morgan fingerprint density at radius 3 is 2.84 bits per heavy atom. The smallest absolute Gasteiger partial charge is 0.319 e. The summed E-state index contributed by atoms with van der Waals surface area (Å²) in [6, 6.07) is 6.00. The number of phenols is 1. The lowest BCUT2D eigenvalue weighted by molar-refractivity contribution is -0.146. The van der Waals surface area contributed by atoms with Crippen molar-refractivity contribution in [2.24, 2.45) is 5.92 Å². The van der Waals surface area contributed by atoms with E-state index in [2.05, 4.69) is 4.98 Å². The molecule has 8 heteroatoms. The Balaban J connectivity index is 2.24. The SMILES string of the molecule is CCOC(=O)C1C(=N)Oc2cc(O)ccc2C1c1c(Cl)ccnc1Cl. The monoisotopic (exact) mass is 380 g/mol. The Bertz CT molecular complexity index is 836. The summed E-state index contributed by atoms with van der Waals surface area (Å²) in [6.07, 6.45) is 1.45. The minimum atomic E-state index is -1.06. The van der Waals surface area contributed by atoms with Crippen LogP contribution in [0, 0.1) is 11.3 Å². The molecule has 1 aliphatic rings. The molecule has 0 saturated heterocycles. The number of nitrogens with one attached hydrogen (secondary N) is 1. The van der Waals surface area contributed by atoms with Crippen molar-refractivity contribution in [3.05, 3.63) is 51.8 Å². The van der Waals surface area contributed by atoms with Gasteiger partial charge in [-0.15, -0.1) is 0 Å². The summed E-state index contributed by atoms with van der Waals surface area (Å²) >= 11 is 12.6. The molecule has 0 spiro atoms. The molecule has 0 amide bonds. The normalized spacial score (nSPS) is 19.1. The number of carbonyl (C=O) groups excluding carboxylic acids is 1. The number of halogens is 2. The number of phenolic OH excluding ortho intramolecular Hbond substituents is 1. The zero-order valence-corrected chi connectivity index (χ0v) is 14.6. The van der Waals surface area contributed by atoms with Gasteiger partial charge in [-0.05, 0) is 19.1 Å². The first-order chi connectivity index (χ1) is 11.9. The van der Waals surface area contributed by atoms with E-state index in [1.807, 2.05) is 0 Å². The van der Waals surface area contributed by atoms with Gasteiger partial charge < -0.3 is 14.6 Å². The van der Waals surface area contributed by atoms with Crippen molar-refractivity contribution in [1.29, 1.82) is 5.41 Å². The molecule has 2 atom stereocenters. The highest BCUT2D eigenvalue weighted by Gasteiger charge is 2.44. The van der Waals surface area contributed by atoms with Crippen LogP contribution in [0.25, 0.3) is 0 Å². The van der Waals surface area contributed by atoms with E-state index in [1.165, 1.54) is 18.3 Å². The molecule has 2 N–H and O–H groups in total. The molecule has 0 saturated carbocycles. The van der Waals surface area contributed by atoms with E-state index in [1.54, 1.807) is 19.1 Å². The maximum absolute atomic E-state index is 12.5. The summed E-state index contributed by atoms with van der Waals surface area (Å²) < 4.78 is 10.5. The number of pyridine rings is 1. The van der Waals surface area contributed by atoms with Crippen LogP contribution in [0.4, 0.5) is 0 Å². The van der Waals surface area contributed by atoms with E-state index in [4.69, 9.17) is 38.1 Å². The number of nitrogens with zero attached hydrogens (tertiary/aromatic N) is 1. The Kier molecular flexibility index (Phi) is 4.83. The zero-order chi connectivity index (χ0) is 18.1. The fourth-order valence-electron chi connectivity index (χ4n) is 2.88. The van der Waals surface area contributed by atoms with Crippen LogP contribution in [-0.4, -0.2) is 28.6 Å². The second-order valence-electron chi connectivity index (χ2n) is 5.39. The minimum absolute atomic E-state index is 0.0248. The molecule has 3 rings (SSSR count). The van der Waals surface area contributed by atoms with Gasteiger partial charge in [0.1, 0.15) is 22.6 Å². The number of esters is 1. The second kappa shape index (κ2) is 6.90. The number of aromatic nitrogens is 1. The van der Waals surface area contributed by atoms with Gasteiger partial charge >= 0.3 is 5.97 Å². The molecule has 0 aliphatic carbocycles. The van der Waals surface area contributed by atoms with Gasteiger partial charge in [-0.2, -0.15) is 0 Å². The predicted molar refractivity (Wildman–Crippen MR) is 92.7 cm³/mol. The molecule has 0 fully saturated rings. The van der Waals surface area contributed by atoms with Crippen LogP contribution in [0.2, 0.25) is 10.2 Å². The highest BCUT2D eigenvalue weighted by atomic mass is 35.5. The van der Waals surface area contributed by atoms with Crippen molar-refractivity contribution in [1.82, 2.24) is 4.98 Å². The molecule has 25 heavy (non-hydrogen) atoms. The summed E-state index contributed by atoms with van der Waals surface area (Å²) in [5.41, 5.74) is 0.965. The molecule has 1 aliphatic heterocycles. The number of benzene rings is 1. The third-order valence-corrected chi connectivity index (χ3v) is 4.54. The molecule has 0 bridgehead atoms. The molecular weight excluding hydrogens is 367 g/mol. The van der Waals surface area contributed by atoms with Crippen molar-refractivity contribution in [2.75, 3.05) is 6.61 Å². The van der Waals surface area contributed by atoms with Gasteiger partial charge in [0.25, 0.3) is 0 Å². The van der Waals surface area contributed by atoms with Crippen LogP contribution in [0.5, 0.6) is 11.5 Å². The van der Waals surface area contributed by atoms with E-state index in [0.29, 0.717) is 16.1 Å². The molecule has 2 aromatic rings. The summed E-state index contributed by atoms with van der Waals surface area (Å²) in [4.78, 5) is 16.5. The maximum Gasteiger partial charge on any atom is 0.319 e. The summed E-state index contributed by atoms with van der Waals surface area (Å²) in [6.45, 7) is 1.84. The number of hydrogen-bond donors (Lipinski definition) is 2. The number of hydrogen-bond acceptors (Lipinski definition) is 6. The quantitative estimate of drug-likeness (QED) is 0.624. The number of fused-ring (bicyclic) bond motifs is 1. The molecule has 0 radical (unpaired) electrons. The predicted octanol–water partition coefficient (Wildman–Crippen LogP) is 3.77. The van der Waals surface area contributed by atoms with Crippen LogP contribution in [-0.2, 0) is 9.53 Å². The second-order valence-corrected chi connectivity index (χ2v) is 6.16. The number of rotatable bonds is 3. The Morgan fingerprint density at radius 1 is 1.40 bits per heavy atom. The van der Waals surface area contributed by atoms with Crippen LogP contribution < -0.4 is 4.74 Å². The third-order valence-electron chi connectivity index (χ3n) is 3.91. The summed E-state index contributed by atoms with van der Waals surface area (Å²) in [5, 5.41) is 18.3. The highest BCUT2D eigenvalue weighted by Crippen LogP contribution is 2.47. The fourth-order valence-corrected chi connectivity index (χ4v) is 3.47. The van der Waals surface area contributed by atoms with Gasteiger partial charge in [-0.25, -0.2) is 4.98 Å². The van der Waals surface area contributed by atoms with Crippen LogP contribution in [0.15, 0.2) is 30.5 Å².